The molecule has 1 aromatic carbocycles. The van der Waals surface area contributed by atoms with Gasteiger partial charge in [-0.05, 0) is 12.5 Å². The lowest BCUT2D eigenvalue weighted by atomic mass is 10.1. The highest BCUT2D eigenvalue weighted by atomic mass is 35.5. The Morgan fingerprint density at radius 1 is 0.808 bits per heavy atom. The van der Waals surface area contributed by atoms with E-state index in [1.807, 2.05) is 0 Å². The minimum absolute atomic E-state index is 0.199. The van der Waals surface area contributed by atoms with Crippen LogP contribution in [0.2, 0.25) is 15.1 Å². The Bertz CT molecular complexity index is 535. The Balaban J connectivity index is 2.01. The monoisotopic (exact) mass is 422 g/mol. The molecule has 0 heterocycles. The summed E-state index contributed by atoms with van der Waals surface area (Å²) in [5, 5.41) is 0.972. The van der Waals surface area contributed by atoms with Crippen LogP contribution in [0.4, 0.5) is 0 Å². The van der Waals surface area contributed by atoms with Gasteiger partial charge in [0.25, 0.3) is 0 Å². The molecule has 0 N–H and O–H groups in total. The number of benzene rings is 1. The van der Waals surface area contributed by atoms with Crippen LogP contribution in [-0.4, -0.2) is 19.2 Å². The average molecular weight is 424 g/mol. The summed E-state index contributed by atoms with van der Waals surface area (Å²) in [6, 6.07) is 2.97. The van der Waals surface area contributed by atoms with Gasteiger partial charge in [-0.1, -0.05) is 99.5 Å². The summed E-state index contributed by atoms with van der Waals surface area (Å²) in [7, 11) is 0. The summed E-state index contributed by atoms with van der Waals surface area (Å²) in [4.78, 5) is 11.7. The molecule has 6 heteroatoms. The second-order valence-electron chi connectivity index (χ2n) is 6.39. The molecule has 0 unspecified atom stereocenters. The Hall–Kier alpha value is -0.640. The van der Waals surface area contributed by atoms with Crippen molar-refractivity contribution < 1.29 is 14.3 Å². The lowest BCUT2D eigenvalue weighted by Gasteiger charge is -2.09. The van der Waals surface area contributed by atoms with Crippen molar-refractivity contribution >= 4 is 40.8 Å². The fourth-order valence-electron chi connectivity index (χ4n) is 2.57. The Kier molecular flexibility index (Phi) is 13.0. The summed E-state index contributed by atoms with van der Waals surface area (Å²) in [6.07, 6.45) is 12.4. The zero-order chi connectivity index (χ0) is 19.2. The molecule has 0 radical (unpaired) electrons. The molecule has 0 saturated heterocycles. The van der Waals surface area contributed by atoms with Crippen LogP contribution in [0.5, 0.6) is 5.75 Å². The Labute approximate surface area is 172 Å². The van der Waals surface area contributed by atoms with E-state index >= 15 is 0 Å². The highest BCUT2D eigenvalue weighted by Gasteiger charge is 2.10. The van der Waals surface area contributed by atoms with Crippen molar-refractivity contribution in [2.45, 2.75) is 71.1 Å². The van der Waals surface area contributed by atoms with Gasteiger partial charge in [0.1, 0.15) is 5.75 Å². The van der Waals surface area contributed by atoms with Gasteiger partial charge in [-0.25, -0.2) is 4.79 Å². The second kappa shape index (κ2) is 14.4. The van der Waals surface area contributed by atoms with E-state index in [-0.39, 0.29) is 6.61 Å². The van der Waals surface area contributed by atoms with Crippen LogP contribution in [-0.2, 0) is 9.53 Å². The standard InChI is InChI=1S/C20H29Cl3O3/c1-2-3-4-5-6-7-8-9-10-11-12-25-20(24)15-26-19-14-17(22)16(21)13-18(19)23/h13-14H,2-12,15H2,1H3. The number of ether oxygens (including phenoxy) is 2. The quantitative estimate of drug-likeness (QED) is 0.177. The molecule has 0 fully saturated rings. The van der Waals surface area contributed by atoms with Gasteiger partial charge in [0.05, 0.1) is 21.7 Å². The Morgan fingerprint density at radius 3 is 1.96 bits per heavy atom. The summed E-state index contributed by atoms with van der Waals surface area (Å²) in [5.74, 6) is -0.0972. The number of carbonyl (C=O) groups is 1. The van der Waals surface area contributed by atoms with Crippen molar-refractivity contribution in [3.05, 3.63) is 27.2 Å². The first-order valence-corrected chi connectivity index (χ1v) is 10.6. The fraction of sp³-hybridized carbons (Fsp3) is 0.650. The van der Waals surface area contributed by atoms with Gasteiger partial charge in [0.15, 0.2) is 6.61 Å². The molecule has 0 aliphatic heterocycles. The number of halogens is 3. The van der Waals surface area contributed by atoms with E-state index in [0.29, 0.717) is 27.4 Å². The van der Waals surface area contributed by atoms with Crippen LogP contribution in [0.15, 0.2) is 12.1 Å². The topological polar surface area (TPSA) is 35.5 Å². The van der Waals surface area contributed by atoms with Gasteiger partial charge >= 0.3 is 5.97 Å². The van der Waals surface area contributed by atoms with Gasteiger partial charge in [-0.15, -0.1) is 0 Å². The van der Waals surface area contributed by atoms with Crippen molar-refractivity contribution in [3.8, 4) is 5.75 Å². The molecule has 3 nitrogen and oxygen atoms in total. The molecule has 0 bridgehead atoms. The average Bonchev–Trinajstić information content (AvgIpc) is 2.61. The van der Waals surface area contributed by atoms with Gasteiger partial charge in [-0.3, -0.25) is 0 Å². The predicted molar refractivity (Wildman–Crippen MR) is 110 cm³/mol. The minimum atomic E-state index is -0.414. The van der Waals surface area contributed by atoms with Gasteiger partial charge in [-0.2, -0.15) is 0 Å². The molecule has 0 atom stereocenters. The number of hydrogen-bond acceptors (Lipinski definition) is 3. The first-order valence-electron chi connectivity index (χ1n) is 9.47. The first kappa shape index (κ1) is 23.4. The third-order valence-corrected chi connectivity index (χ3v) is 5.10. The zero-order valence-electron chi connectivity index (χ0n) is 15.5. The summed E-state index contributed by atoms with van der Waals surface area (Å²) in [5.41, 5.74) is 0. The molecular weight excluding hydrogens is 395 g/mol. The molecule has 0 spiro atoms. The molecular formula is C20H29Cl3O3. The molecule has 0 aromatic heterocycles. The highest BCUT2D eigenvalue weighted by Crippen LogP contribution is 2.33. The summed E-state index contributed by atoms with van der Waals surface area (Å²) >= 11 is 17.7. The summed E-state index contributed by atoms with van der Waals surface area (Å²) in [6.45, 7) is 2.46. The Morgan fingerprint density at radius 2 is 1.35 bits per heavy atom. The van der Waals surface area contributed by atoms with E-state index in [9.17, 15) is 4.79 Å². The van der Waals surface area contributed by atoms with Crippen LogP contribution in [0.25, 0.3) is 0 Å². The zero-order valence-corrected chi connectivity index (χ0v) is 17.8. The number of hydrogen-bond donors (Lipinski definition) is 0. The van der Waals surface area contributed by atoms with Crippen LogP contribution in [0.3, 0.4) is 0 Å². The maximum Gasteiger partial charge on any atom is 0.344 e. The van der Waals surface area contributed by atoms with Crippen LogP contribution in [0.1, 0.15) is 71.1 Å². The van der Waals surface area contributed by atoms with Crippen molar-refractivity contribution in [1.82, 2.24) is 0 Å². The molecule has 1 rings (SSSR count). The van der Waals surface area contributed by atoms with Crippen LogP contribution < -0.4 is 4.74 Å². The molecule has 0 aliphatic carbocycles. The van der Waals surface area contributed by atoms with Crippen LogP contribution >= 0.6 is 34.8 Å². The molecule has 0 aliphatic rings. The predicted octanol–water partition coefficient (Wildman–Crippen LogP) is 7.49. The van der Waals surface area contributed by atoms with Crippen LogP contribution in [0, 0.1) is 0 Å². The number of unbranched alkanes of at least 4 members (excludes halogenated alkanes) is 9. The highest BCUT2D eigenvalue weighted by molar-refractivity contribution is 6.43. The molecule has 26 heavy (non-hydrogen) atoms. The number of rotatable bonds is 14. The minimum Gasteiger partial charge on any atom is -0.480 e. The molecule has 148 valence electrons. The van der Waals surface area contributed by atoms with Crippen molar-refractivity contribution in [2.24, 2.45) is 0 Å². The van der Waals surface area contributed by atoms with Crippen molar-refractivity contribution in [3.63, 3.8) is 0 Å². The van der Waals surface area contributed by atoms with Gasteiger partial charge in [0, 0.05) is 6.07 Å². The fourth-order valence-corrected chi connectivity index (χ4v) is 3.16. The lowest BCUT2D eigenvalue weighted by Crippen LogP contribution is -2.15. The second-order valence-corrected chi connectivity index (χ2v) is 7.61. The molecule has 0 amide bonds. The van der Waals surface area contributed by atoms with Gasteiger partial charge < -0.3 is 9.47 Å². The SMILES string of the molecule is CCCCCCCCCCCCOC(=O)COc1cc(Cl)c(Cl)cc1Cl. The van der Waals surface area contributed by atoms with E-state index in [0.717, 1.165) is 12.8 Å². The van der Waals surface area contributed by atoms with E-state index in [2.05, 4.69) is 6.92 Å². The van der Waals surface area contributed by atoms with E-state index < -0.39 is 5.97 Å². The normalized spacial score (nSPS) is 10.8. The van der Waals surface area contributed by atoms with E-state index in [1.165, 1.54) is 63.5 Å². The van der Waals surface area contributed by atoms with Crippen molar-refractivity contribution in [1.29, 1.82) is 0 Å². The lowest BCUT2D eigenvalue weighted by molar-refractivity contribution is -0.146. The van der Waals surface area contributed by atoms with E-state index in [4.69, 9.17) is 44.3 Å². The van der Waals surface area contributed by atoms with E-state index in [1.54, 1.807) is 0 Å². The first-order chi connectivity index (χ1) is 12.5. The maximum atomic E-state index is 11.7. The molecule has 1 aromatic rings. The summed E-state index contributed by atoms with van der Waals surface area (Å²) < 4.78 is 10.5. The third-order valence-electron chi connectivity index (χ3n) is 4.08. The maximum absolute atomic E-state index is 11.7. The van der Waals surface area contributed by atoms with Crippen molar-refractivity contribution in [2.75, 3.05) is 13.2 Å². The van der Waals surface area contributed by atoms with Gasteiger partial charge in [0.2, 0.25) is 0 Å². The number of esters is 1. The smallest absolute Gasteiger partial charge is 0.344 e. The molecule has 0 saturated carbocycles. The largest absolute Gasteiger partial charge is 0.480 e. The number of carbonyl (C=O) groups excluding carboxylic acids is 1. The third kappa shape index (κ3) is 10.5.